The zero-order chi connectivity index (χ0) is 13.7. The van der Waals surface area contributed by atoms with Gasteiger partial charge < -0.3 is 10.5 Å². The minimum atomic E-state index is 0.383. The summed E-state index contributed by atoms with van der Waals surface area (Å²) >= 11 is 5.87. The van der Waals surface area contributed by atoms with Crippen molar-refractivity contribution in [2.24, 2.45) is 5.73 Å². The molecule has 2 aromatic carbocycles. The summed E-state index contributed by atoms with van der Waals surface area (Å²) in [5, 5.41) is 0.706. The highest BCUT2D eigenvalue weighted by Gasteiger charge is 2.11. The Morgan fingerprint density at radius 1 is 1.11 bits per heavy atom. The smallest absolute Gasteiger partial charge is 0.130 e. The second-order valence-electron chi connectivity index (χ2n) is 4.57. The number of benzene rings is 2. The molecular weight excluding hydrogens is 258 g/mol. The van der Waals surface area contributed by atoms with Crippen LogP contribution in [0.15, 0.2) is 48.5 Å². The first-order valence-corrected chi connectivity index (χ1v) is 6.81. The van der Waals surface area contributed by atoms with E-state index >= 15 is 0 Å². The van der Waals surface area contributed by atoms with E-state index in [-0.39, 0.29) is 0 Å². The van der Waals surface area contributed by atoms with Gasteiger partial charge in [0.05, 0.1) is 0 Å². The van der Waals surface area contributed by atoms with E-state index < -0.39 is 0 Å². The summed E-state index contributed by atoms with van der Waals surface area (Å²) in [6, 6.07) is 15.5. The number of hydrogen-bond donors (Lipinski definition) is 1. The van der Waals surface area contributed by atoms with Crippen LogP contribution in [0.1, 0.15) is 24.8 Å². The molecule has 0 amide bonds. The highest BCUT2D eigenvalue weighted by molar-refractivity contribution is 6.30. The maximum Gasteiger partial charge on any atom is 0.130 e. The molecule has 0 aliphatic rings. The first-order chi connectivity index (χ1) is 9.20. The minimum Gasteiger partial charge on any atom is -0.457 e. The van der Waals surface area contributed by atoms with Crippen LogP contribution in [-0.4, -0.2) is 6.54 Å². The molecular formula is C16H18ClNO. The second-order valence-corrected chi connectivity index (χ2v) is 5.01. The van der Waals surface area contributed by atoms with Crippen molar-refractivity contribution >= 4 is 11.6 Å². The van der Waals surface area contributed by atoms with Gasteiger partial charge in [0.15, 0.2) is 0 Å². The molecule has 2 rings (SSSR count). The van der Waals surface area contributed by atoms with Crippen LogP contribution in [0, 0.1) is 0 Å². The summed E-state index contributed by atoms with van der Waals surface area (Å²) in [5.41, 5.74) is 6.81. The Kier molecular flexibility index (Phi) is 4.83. The van der Waals surface area contributed by atoms with E-state index in [1.807, 2.05) is 42.5 Å². The highest BCUT2D eigenvalue weighted by atomic mass is 35.5. The Morgan fingerprint density at radius 2 is 1.79 bits per heavy atom. The molecule has 2 nitrogen and oxygen atoms in total. The van der Waals surface area contributed by atoms with E-state index in [1.54, 1.807) is 0 Å². The molecule has 19 heavy (non-hydrogen) atoms. The standard InChI is InChI=1S/C16H18ClNO/c1-12(10-11-18)15-4-2-3-5-16(15)19-14-8-6-13(17)7-9-14/h2-9,12H,10-11,18H2,1H3. The maximum absolute atomic E-state index is 5.93. The van der Waals surface area contributed by atoms with Crippen LogP contribution in [0.5, 0.6) is 11.5 Å². The molecule has 0 radical (unpaired) electrons. The lowest BCUT2D eigenvalue weighted by Crippen LogP contribution is -2.05. The SMILES string of the molecule is CC(CCN)c1ccccc1Oc1ccc(Cl)cc1. The fourth-order valence-electron chi connectivity index (χ4n) is 2.02. The van der Waals surface area contributed by atoms with E-state index in [9.17, 15) is 0 Å². The zero-order valence-electron chi connectivity index (χ0n) is 11.0. The van der Waals surface area contributed by atoms with E-state index in [4.69, 9.17) is 22.1 Å². The first kappa shape index (κ1) is 13.9. The predicted octanol–water partition coefficient (Wildman–Crippen LogP) is 4.58. The average molecular weight is 276 g/mol. The summed E-state index contributed by atoms with van der Waals surface area (Å²) < 4.78 is 5.93. The Balaban J connectivity index is 2.22. The fourth-order valence-corrected chi connectivity index (χ4v) is 2.14. The summed E-state index contributed by atoms with van der Waals surface area (Å²) in [6.45, 7) is 2.84. The molecule has 0 spiro atoms. The number of para-hydroxylation sites is 1. The molecule has 2 aromatic rings. The fraction of sp³-hybridized carbons (Fsp3) is 0.250. The monoisotopic (exact) mass is 275 g/mol. The van der Waals surface area contributed by atoms with Crippen molar-refractivity contribution < 1.29 is 4.74 Å². The molecule has 0 heterocycles. The van der Waals surface area contributed by atoms with Gasteiger partial charge in [0.1, 0.15) is 11.5 Å². The normalized spacial score (nSPS) is 12.2. The van der Waals surface area contributed by atoms with Gasteiger partial charge in [-0.3, -0.25) is 0 Å². The predicted molar refractivity (Wildman–Crippen MR) is 80.1 cm³/mol. The van der Waals surface area contributed by atoms with E-state index in [0.29, 0.717) is 17.5 Å². The minimum absolute atomic E-state index is 0.383. The maximum atomic E-state index is 5.93. The second kappa shape index (κ2) is 6.60. The summed E-state index contributed by atoms with van der Waals surface area (Å²) in [5.74, 6) is 2.05. The van der Waals surface area contributed by atoms with Gasteiger partial charge in [-0.2, -0.15) is 0 Å². The molecule has 0 bridgehead atoms. The van der Waals surface area contributed by atoms with Crippen molar-refractivity contribution in [3.8, 4) is 11.5 Å². The molecule has 3 heteroatoms. The van der Waals surface area contributed by atoms with Gasteiger partial charge in [-0.25, -0.2) is 0 Å². The average Bonchev–Trinajstić information content (AvgIpc) is 2.42. The summed E-state index contributed by atoms with van der Waals surface area (Å²) in [7, 11) is 0. The third-order valence-corrected chi connectivity index (χ3v) is 3.34. The van der Waals surface area contributed by atoms with Gasteiger partial charge in [0.25, 0.3) is 0 Å². The first-order valence-electron chi connectivity index (χ1n) is 6.43. The van der Waals surface area contributed by atoms with Gasteiger partial charge >= 0.3 is 0 Å². The Labute approximate surface area is 119 Å². The Bertz CT molecular complexity index is 525. The van der Waals surface area contributed by atoms with Crippen LogP contribution in [0.25, 0.3) is 0 Å². The molecule has 0 aromatic heterocycles. The molecule has 2 N–H and O–H groups in total. The Hall–Kier alpha value is -1.51. The van der Waals surface area contributed by atoms with Gasteiger partial charge in [-0.15, -0.1) is 0 Å². The van der Waals surface area contributed by atoms with Crippen LogP contribution in [0.2, 0.25) is 5.02 Å². The quantitative estimate of drug-likeness (QED) is 0.866. The Morgan fingerprint density at radius 3 is 2.47 bits per heavy atom. The highest BCUT2D eigenvalue weighted by Crippen LogP contribution is 2.32. The molecule has 1 unspecified atom stereocenters. The number of halogens is 1. The van der Waals surface area contributed by atoms with Crippen molar-refractivity contribution in [1.29, 1.82) is 0 Å². The van der Waals surface area contributed by atoms with Crippen molar-refractivity contribution in [1.82, 2.24) is 0 Å². The van der Waals surface area contributed by atoms with Crippen LogP contribution >= 0.6 is 11.6 Å². The van der Waals surface area contributed by atoms with Crippen LogP contribution < -0.4 is 10.5 Å². The van der Waals surface area contributed by atoms with Gasteiger partial charge in [-0.05, 0) is 54.8 Å². The topological polar surface area (TPSA) is 35.2 Å². The van der Waals surface area contributed by atoms with Gasteiger partial charge in [0.2, 0.25) is 0 Å². The lowest BCUT2D eigenvalue weighted by atomic mass is 9.97. The van der Waals surface area contributed by atoms with Crippen molar-refractivity contribution in [2.75, 3.05) is 6.54 Å². The molecule has 0 saturated heterocycles. The number of hydrogen-bond acceptors (Lipinski definition) is 2. The van der Waals surface area contributed by atoms with E-state index in [2.05, 4.69) is 13.0 Å². The van der Waals surface area contributed by atoms with Gasteiger partial charge in [0, 0.05) is 5.02 Å². The van der Waals surface area contributed by atoms with Crippen LogP contribution in [0.3, 0.4) is 0 Å². The third kappa shape index (κ3) is 3.72. The molecule has 0 fully saturated rings. The van der Waals surface area contributed by atoms with E-state index in [0.717, 1.165) is 17.9 Å². The molecule has 0 aliphatic heterocycles. The lowest BCUT2D eigenvalue weighted by Gasteiger charge is -2.16. The van der Waals surface area contributed by atoms with E-state index in [1.165, 1.54) is 5.56 Å². The van der Waals surface area contributed by atoms with Crippen molar-refractivity contribution in [3.05, 3.63) is 59.1 Å². The third-order valence-electron chi connectivity index (χ3n) is 3.09. The molecule has 0 saturated carbocycles. The van der Waals surface area contributed by atoms with Crippen LogP contribution in [0.4, 0.5) is 0 Å². The molecule has 1 atom stereocenters. The van der Waals surface area contributed by atoms with Crippen molar-refractivity contribution in [2.45, 2.75) is 19.3 Å². The van der Waals surface area contributed by atoms with Gasteiger partial charge in [-0.1, -0.05) is 36.7 Å². The van der Waals surface area contributed by atoms with Crippen LogP contribution in [-0.2, 0) is 0 Å². The zero-order valence-corrected chi connectivity index (χ0v) is 11.7. The largest absolute Gasteiger partial charge is 0.457 e. The molecule has 0 aliphatic carbocycles. The number of nitrogens with two attached hydrogens (primary N) is 1. The summed E-state index contributed by atoms with van der Waals surface area (Å²) in [6.07, 6.45) is 0.945. The number of rotatable bonds is 5. The molecule has 100 valence electrons. The summed E-state index contributed by atoms with van der Waals surface area (Å²) in [4.78, 5) is 0. The van der Waals surface area contributed by atoms with Crippen molar-refractivity contribution in [3.63, 3.8) is 0 Å². The lowest BCUT2D eigenvalue weighted by molar-refractivity contribution is 0.469. The number of ether oxygens (including phenoxy) is 1.